The molecule has 8 heteroatoms. The average Bonchev–Trinajstić information content (AvgIpc) is 3.26. The van der Waals surface area contributed by atoms with Gasteiger partial charge in [-0.05, 0) is 55.3 Å². The van der Waals surface area contributed by atoms with E-state index in [1.54, 1.807) is 30.0 Å². The Balaban J connectivity index is 1.79. The van der Waals surface area contributed by atoms with Gasteiger partial charge in [0.25, 0.3) is 5.91 Å². The summed E-state index contributed by atoms with van der Waals surface area (Å²) in [6.45, 7) is 4.07. The normalized spacial score (nSPS) is 10.7. The Bertz CT molecular complexity index is 1320. The lowest BCUT2D eigenvalue weighted by molar-refractivity contribution is 0.101. The molecule has 4 aromatic rings. The van der Waals surface area contributed by atoms with Crippen molar-refractivity contribution in [3.63, 3.8) is 0 Å². The lowest BCUT2D eigenvalue weighted by atomic mass is 10.1. The van der Waals surface area contributed by atoms with Crippen molar-refractivity contribution >= 4 is 27.5 Å². The quantitative estimate of drug-likeness (QED) is 0.369. The Hall–Kier alpha value is -3.65. The molecule has 1 amide bonds. The minimum Gasteiger partial charge on any atom is -0.497 e. The Morgan fingerprint density at radius 2 is 1.76 bits per heavy atom. The van der Waals surface area contributed by atoms with Crippen molar-refractivity contribution in [2.24, 2.45) is 0 Å². The van der Waals surface area contributed by atoms with Crippen LogP contribution < -0.4 is 14.8 Å². The highest BCUT2D eigenvalue weighted by Crippen LogP contribution is 2.30. The van der Waals surface area contributed by atoms with Crippen molar-refractivity contribution in [3.05, 3.63) is 82.1 Å². The number of anilines is 1. The SMILES string of the molecule is COc1ccc(OC)c(NC(=O)c2nc(-c3ccc(Br)cc3)n(-c3cccc(C)c3C)n2)c1. The van der Waals surface area contributed by atoms with Crippen molar-refractivity contribution in [3.8, 4) is 28.6 Å². The molecule has 0 atom stereocenters. The first-order valence-electron chi connectivity index (χ1n) is 10.2. The second-order valence-electron chi connectivity index (χ2n) is 7.42. The number of nitrogens with zero attached hydrogens (tertiary/aromatic N) is 3. The van der Waals surface area contributed by atoms with E-state index in [1.165, 1.54) is 7.11 Å². The van der Waals surface area contributed by atoms with Crippen LogP contribution in [0.2, 0.25) is 0 Å². The molecule has 0 bridgehead atoms. The van der Waals surface area contributed by atoms with E-state index in [0.29, 0.717) is 23.0 Å². The molecule has 33 heavy (non-hydrogen) atoms. The molecule has 0 unspecified atom stereocenters. The maximum absolute atomic E-state index is 13.2. The Morgan fingerprint density at radius 1 is 1.00 bits per heavy atom. The van der Waals surface area contributed by atoms with Gasteiger partial charge in [-0.25, -0.2) is 9.67 Å². The number of hydrogen-bond acceptors (Lipinski definition) is 5. The van der Waals surface area contributed by atoms with E-state index < -0.39 is 5.91 Å². The van der Waals surface area contributed by atoms with Gasteiger partial charge in [-0.2, -0.15) is 0 Å². The third-order valence-corrected chi connectivity index (χ3v) is 5.90. The second-order valence-corrected chi connectivity index (χ2v) is 8.33. The van der Waals surface area contributed by atoms with Crippen LogP contribution in [-0.2, 0) is 0 Å². The largest absolute Gasteiger partial charge is 0.497 e. The van der Waals surface area contributed by atoms with E-state index in [9.17, 15) is 4.79 Å². The molecule has 0 saturated heterocycles. The predicted octanol–water partition coefficient (Wildman–Crippen LogP) is 5.58. The fraction of sp³-hybridized carbons (Fsp3) is 0.160. The van der Waals surface area contributed by atoms with Gasteiger partial charge in [-0.1, -0.05) is 40.2 Å². The molecule has 0 spiro atoms. The number of nitrogens with one attached hydrogen (secondary N) is 1. The van der Waals surface area contributed by atoms with Gasteiger partial charge in [-0.15, -0.1) is 5.10 Å². The van der Waals surface area contributed by atoms with Crippen molar-refractivity contribution < 1.29 is 14.3 Å². The molecule has 0 radical (unpaired) electrons. The molecular weight excluding hydrogens is 484 g/mol. The summed E-state index contributed by atoms with van der Waals surface area (Å²) in [4.78, 5) is 17.8. The van der Waals surface area contributed by atoms with Gasteiger partial charge >= 0.3 is 0 Å². The van der Waals surface area contributed by atoms with Crippen molar-refractivity contribution in [2.75, 3.05) is 19.5 Å². The van der Waals surface area contributed by atoms with Crippen LogP contribution in [0.3, 0.4) is 0 Å². The summed E-state index contributed by atoms with van der Waals surface area (Å²) in [6.07, 6.45) is 0. The summed E-state index contributed by atoms with van der Waals surface area (Å²) < 4.78 is 13.3. The zero-order valence-electron chi connectivity index (χ0n) is 18.7. The molecular formula is C25H23BrN4O3. The molecule has 7 nitrogen and oxygen atoms in total. The van der Waals surface area contributed by atoms with E-state index in [1.807, 2.05) is 56.3 Å². The first-order valence-corrected chi connectivity index (χ1v) is 11.0. The van der Waals surface area contributed by atoms with Gasteiger partial charge in [0.2, 0.25) is 5.82 Å². The second kappa shape index (κ2) is 9.46. The standard InChI is InChI=1S/C25H23BrN4O3/c1-15-6-5-7-21(16(15)2)30-24(17-8-10-18(26)11-9-17)28-23(29-30)25(31)27-20-14-19(32-3)12-13-22(20)33-4/h5-14H,1-4H3,(H,27,31). The highest BCUT2D eigenvalue weighted by molar-refractivity contribution is 9.10. The topological polar surface area (TPSA) is 78.3 Å². The number of carbonyl (C=O) groups is 1. The van der Waals surface area contributed by atoms with Crippen LogP contribution in [0.15, 0.2) is 65.1 Å². The number of aromatic nitrogens is 3. The predicted molar refractivity (Wildman–Crippen MR) is 131 cm³/mol. The van der Waals surface area contributed by atoms with E-state index in [-0.39, 0.29) is 5.82 Å². The highest BCUT2D eigenvalue weighted by atomic mass is 79.9. The number of hydrogen-bond donors (Lipinski definition) is 1. The lowest BCUT2D eigenvalue weighted by Gasteiger charge is -2.11. The highest BCUT2D eigenvalue weighted by Gasteiger charge is 2.21. The molecule has 0 aliphatic heterocycles. The molecule has 3 aromatic carbocycles. The molecule has 1 aromatic heterocycles. The smallest absolute Gasteiger partial charge is 0.295 e. The summed E-state index contributed by atoms with van der Waals surface area (Å²) in [5, 5.41) is 7.43. The number of amides is 1. The molecule has 0 saturated carbocycles. The van der Waals surface area contributed by atoms with Crippen LogP contribution in [-0.4, -0.2) is 34.9 Å². The van der Waals surface area contributed by atoms with Crippen LogP contribution in [0.1, 0.15) is 21.7 Å². The van der Waals surface area contributed by atoms with Crippen LogP contribution in [0.5, 0.6) is 11.5 Å². The molecule has 4 rings (SSSR count). The third kappa shape index (κ3) is 4.61. The van der Waals surface area contributed by atoms with E-state index in [2.05, 4.69) is 31.3 Å². The van der Waals surface area contributed by atoms with Gasteiger partial charge in [0.15, 0.2) is 5.82 Å². The van der Waals surface area contributed by atoms with E-state index in [4.69, 9.17) is 9.47 Å². The van der Waals surface area contributed by atoms with Crippen molar-refractivity contribution in [2.45, 2.75) is 13.8 Å². The summed E-state index contributed by atoms with van der Waals surface area (Å²) in [6, 6.07) is 18.9. The fourth-order valence-corrected chi connectivity index (χ4v) is 3.68. The molecule has 1 N–H and O–H groups in total. The number of benzene rings is 3. The fourth-order valence-electron chi connectivity index (χ4n) is 3.42. The summed E-state index contributed by atoms with van der Waals surface area (Å²) in [5.41, 5.74) is 4.34. The molecule has 0 fully saturated rings. The van der Waals surface area contributed by atoms with Crippen LogP contribution in [0, 0.1) is 13.8 Å². The lowest BCUT2D eigenvalue weighted by Crippen LogP contribution is -2.15. The molecule has 168 valence electrons. The Kier molecular flexibility index (Phi) is 6.46. The van der Waals surface area contributed by atoms with Gasteiger partial charge in [-0.3, -0.25) is 4.79 Å². The van der Waals surface area contributed by atoms with Crippen molar-refractivity contribution in [1.29, 1.82) is 0 Å². The number of ether oxygens (including phenoxy) is 2. The number of carbonyl (C=O) groups excluding carboxylic acids is 1. The van der Waals surface area contributed by atoms with Gasteiger partial charge in [0.1, 0.15) is 11.5 Å². The minimum atomic E-state index is -0.455. The molecule has 0 aliphatic rings. The van der Waals surface area contributed by atoms with E-state index in [0.717, 1.165) is 26.9 Å². The van der Waals surface area contributed by atoms with Crippen LogP contribution in [0.4, 0.5) is 5.69 Å². The number of halogens is 1. The summed E-state index contributed by atoms with van der Waals surface area (Å²) in [7, 11) is 3.10. The van der Waals surface area contributed by atoms with Gasteiger partial charge in [0.05, 0.1) is 25.6 Å². The van der Waals surface area contributed by atoms with Gasteiger partial charge < -0.3 is 14.8 Å². The maximum Gasteiger partial charge on any atom is 0.295 e. The number of methoxy groups -OCH3 is 2. The number of rotatable bonds is 6. The van der Waals surface area contributed by atoms with Crippen LogP contribution >= 0.6 is 15.9 Å². The first-order chi connectivity index (χ1) is 15.9. The minimum absolute atomic E-state index is 0.0405. The monoisotopic (exact) mass is 506 g/mol. The summed E-state index contributed by atoms with van der Waals surface area (Å²) >= 11 is 3.46. The first kappa shape index (κ1) is 22.5. The van der Waals surface area contributed by atoms with E-state index >= 15 is 0 Å². The van der Waals surface area contributed by atoms with Gasteiger partial charge in [0, 0.05) is 16.1 Å². The summed E-state index contributed by atoms with van der Waals surface area (Å²) in [5.74, 6) is 1.25. The third-order valence-electron chi connectivity index (χ3n) is 5.37. The zero-order chi connectivity index (χ0) is 23.5. The molecule has 0 aliphatic carbocycles. The maximum atomic E-state index is 13.2. The molecule has 1 heterocycles. The number of aryl methyl sites for hydroxylation is 1. The average molecular weight is 507 g/mol. The van der Waals surface area contributed by atoms with Crippen LogP contribution in [0.25, 0.3) is 17.1 Å². The Morgan fingerprint density at radius 3 is 2.45 bits per heavy atom. The zero-order valence-corrected chi connectivity index (χ0v) is 20.3. The van der Waals surface area contributed by atoms with Crippen molar-refractivity contribution in [1.82, 2.24) is 14.8 Å². The Labute approximate surface area is 200 Å².